The Balaban J connectivity index is 2.79. The standard InChI is InChI=1S/C6H5ClO3S/c7-5-2-1-3-6(4-5)10-11(8)9/h1-4H,(H,8,9)/p-1. The number of hydrogen-bond acceptors (Lipinski definition) is 3. The molecule has 60 valence electrons. The molecule has 0 aliphatic carbocycles. The second-order valence-electron chi connectivity index (χ2n) is 1.74. The molecule has 1 atom stereocenters. The Labute approximate surface area is 71.4 Å². The zero-order chi connectivity index (χ0) is 8.27. The SMILES string of the molecule is O=S([O-])Oc1cccc(Cl)c1. The highest BCUT2D eigenvalue weighted by Crippen LogP contribution is 2.17. The zero-order valence-electron chi connectivity index (χ0n) is 5.32. The molecule has 0 bridgehead atoms. The van der Waals surface area contributed by atoms with E-state index in [1.807, 2.05) is 0 Å². The van der Waals surface area contributed by atoms with Crippen LogP contribution in [0.1, 0.15) is 0 Å². The van der Waals surface area contributed by atoms with E-state index >= 15 is 0 Å². The monoisotopic (exact) mass is 191 g/mol. The Kier molecular flexibility index (Phi) is 2.87. The fourth-order valence-electron chi connectivity index (χ4n) is 0.597. The van der Waals surface area contributed by atoms with Gasteiger partial charge in [-0.3, -0.25) is 0 Å². The van der Waals surface area contributed by atoms with Crippen molar-refractivity contribution in [2.24, 2.45) is 0 Å². The maximum atomic E-state index is 10.0. The van der Waals surface area contributed by atoms with Crippen LogP contribution >= 0.6 is 11.6 Å². The summed E-state index contributed by atoms with van der Waals surface area (Å²) >= 11 is 3.01. The van der Waals surface area contributed by atoms with Crippen molar-refractivity contribution in [2.75, 3.05) is 0 Å². The summed E-state index contributed by atoms with van der Waals surface area (Å²) in [6.45, 7) is 0. The lowest BCUT2D eigenvalue weighted by Crippen LogP contribution is -1.97. The lowest BCUT2D eigenvalue weighted by molar-refractivity contribution is 0.440. The minimum Gasteiger partial charge on any atom is -0.740 e. The molecule has 0 N–H and O–H groups in total. The third kappa shape index (κ3) is 2.88. The van der Waals surface area contributed by atoms with Crippen LogP contribution in [-0.2, 0) is 11.4 Å². The molecule has 0 heterocycles. The van der Waals surface area contributed by atoms with Crippen molar-refractivity contribution in [1.82, 2.24) is 0 Å². The molecule has 0 fully saturated rings. The molecule has 1 rings (SSSR count). The summed E-state index contributed by atoms with van der Waals surface area (Å²) < 4.78 is 24.4. The molecule has 0 aromatic heterocycles. The van der Waals surface area contributed by atoms with Gasteiger partial charge in [-0.2, -0.15) is 0 Å². The van der Waals surface area contributed by atoms with Crippen LogP contribution in [0.15, 0.2) is 24.3 Å². The molecule has 0 radical (unpaired) electrons. The molecule has 0 saturated heterocycles. The third-order valence-electron chi connectivity index (χ3n) is 0.960. The van der Waals surface area contributed by atoms with Gasteiger partial charge in [0.05, 0.1) is 0 Å². The van der Waals surface area contributed by atoms with Crippen LogP contribution in [0.25, 0.3) is 0 Å². The number of halogens is 1. The first-order chi connectivity index (χ1) is 5.18. The fraction of sp³-hybridized carbons (Fsp3) is 0. The molecule has 5 heteroatoms. The highest BCUT2D eigenvalue weighted by molar-refractivity contribution is 7.74. The smallest absolute Gasteiger partial charge is 0.140 e. The first kappa shape index (κ1) is 8.52. The quantitative estimate of drug-likeness (QED) is 0.666. The maximum absolute atomic E-state index is 10.0. The van der Waals surface area contributed by atoms with E-state index in [1.165, 1.54) is 12.1 Å². The predicted molar refractivity (Wildman–Crippen MR) is 41.0 cm³/mol. The van der Waals surface area contributed by atoms with Gasteiger partial charge in [-0.1, -0.05) is 17.7 Å². The third-order valence-corrected chi connectivity index (χ3v) is 1.52. The van der Waals surface area contributed by atoms with E-state index < -0.39 is 11.4 Å². The number of benzene rings is 1. The van der Waals surface area contributed by atoms with Gasteiger partial charge >= 0.3 is 0 Å². The Morgan fingerprint density at radius 3 is 2.82 bits per heavy atom. The normalized spacial score (nSPS) is 12.5. The minimum atomic E-state index is -2.53. The van der Waals surface area contributed by atoms with Crippen molar-refractivity contribution in [1.29, 1.82) is 0 Å². The van der Waals surface area contributed by atoms with E-state index in [4.69, 9.17) is 11.6 Å². The first-order valence-electron chi connectivity index (χ1n) is 2.71. The highest BCUT2D eigenvalue weighted by Gasteiger charge is 1.93. The van der Waals surface area contributed by atoms with Crippen LogP contribution in [0.2, 0.25) is 5.02 Å². The Hall–Kier alpha value is -0.580. The molecule has 1 unspecified atom stereocenters. The number of hydrogen-bond donors (Lipinski definition) is 0. The second kappa shape index (κ2) is 3.71. The molecule has 0 amide bonds. The number of rotatable bonds is 2. The van der Waals surface area contributed by atoms with Crippen LogP contribution in [-0.4, -0.2) is 8.76 Å². The molecular weight excluding hydrogens is 188 g/mol. The van der Waals surface area contributed by atoms with Crippen molar-refractivity contribution in [3.63, 3.8) is 0 Å². The van der Waals surface area contributed by atoms with E-state index in [1.54, 1.807) is 12.1 Å². The van der Waals surface area contributed by atoms with Crippen molar-refractivity contribution in [2.45, 2.75) is 0 Å². The summed E-state index contributed by atoms with van der Waals surface area (Å²) in [5.41, 5.74) is 0. The molecular formula is C6H4ClO3S-. The van der Waals surface area contributed by atoms with Gasteiger partial charge in [0.15, 0.2) is 0 Å². The van der Waals surface area contributed by atoms with Gasteiger partial charge in [0, 0.05) is 11.1 Å². The van der Waals surface area contributed by atoms with Gasteiger partial charge in [-0.15, -0.1) is 0 Å². The lowest BCUT2D eigenvalue weighted by Gasteiger charge is -2.05. The van der Waals surface area contributed by atoms with E-state index in [2.05, 4.69) is 4.18 Å². The average molecular weight is 192 g/mol. The zero-order valence-corrected chi connectivity index (χ0v) is 6.89. The van der Waals surface area contributed by atoms with Gasteiger partial charge < -0.3 is 8.74 Å². The molecule has 1 aromatic carbocycles. The van der Waals surface area contributed by atoms with Crippen LogP contribution in [0, 0.1) is 0 Å². The van der Waals surface area contributed by atoms with E-state index in [-0.39, 0.29) is 5.75 Å². The molecule has 0 saturated carbocycles. The highest BCUT2D eigenvalue weighted by atomic mass is 35.5. The van der Waals surface area contributed by atoms with Gasteiger partial charge in [0.2, 0.25) is 0 Å². The largest absolute Gasteiger partial charge is 0.740 e. The predicted octanol–water partition coefficient (Wildman–Crippen LogP) is 1.51. The maximum Gasteiger partial charge on any atom is 0.140 e. The van der Waals surface area contributed by atoms with Gasteiger partial charge in [-0.05, 0) is 12.1 Å². The van der Waals surface area contributed by atoms with E-state index in [0.717, 1.165) is 0 Å². The van der Waals surface area contributed by atoms with Crippen LogP contribution in [0.5, 0.6) is 5.75 Å². The van der Waals surface area contributed by atoms with Crippen molar-refractivity contribution >= 4 is 23.0 Å². The van der Waals surface area contributed by atoms with Crippen molar-refractivity contribution < 1.29 is 12.9 Å². The summed E-state index contributed by atoms with van der Waals surface area (Å²) in [4.78, 5) is 0. The molecule has 11 heavy (non-hydrogen) atoms. The second-order valence-corrected chi connectivity index (χ2v) is 2.76. The molecule has 3 nitrogen and oxygen atoms in total. The van der Waals surface area contributed by atoms with E-state index in [9.17, 15) is 8.76 Å². The summed E-state index contributed by atoms with van der Waals surface area (Å²) in [7, 11) is 0. The van der Waals surface area contributed by atoms with Crippen LogP contribution in [0.3, 0.4) is 0 Å². The molecule has 0 spiro atoms. The average Bonchev–Trinajstić information content (AvgIpc) is 1.85. The summed E-state index contributed by atoms with van der Waals surface area (Å²) in [5.74, 6) is 0.214. The summed E-state index contributed by atoms with van der Waals surface area (Å²) in [6.07, 6.45) is 0. The Morgan fingerprint density at radius 2 is 2.27 bits per heavy atom. The van der Waals surface area contributed by atoms with Gasteiger partial charge in [0.25, 0.3) is 0 Å². The summed E-state index contributed by atoms with van der Waals surface area (Å²) in [5, 5.41) is 0.438. The summed E-state index contributed by atoms with van der Waals surface area (Å²) in [6, 6.07) is 6.14. The molecule has 0 aliphatic heterocycles. The van der Waals surface area contributed by atoms with Gasteiger partial charge in [0.1, 0.15) is 17.1 Å². The van der Waals surface area contributed by atoms with Crippen molar-refractivity contribution in [3.8, 4) is 5.75 Å². The van der Waals surface area contributed by atoms with Crippen molar-refractivity contribution in [3.05, 3.63) is 29.3 Å². The first-order valence-corrected chi connectivity index (χ1v) is 4.09. The van der Waals surface area contributed by atoms with Gasteiger partial charge in [-0.25, -0.2) is 4.21 Å². The Morgan fingerprint density at radius 1 is 1.55 bits per heavy atom. The minimum absolute atomic E-state index is 0.214. The topological polar surface area (TPSA) is 49.4 Å². The van der Waals surface area contributed by atoms with Crippen LogP contribution in [0.4, 0.5) is 0 Å². The molecule has 1 aromatic rings. The molecule has 0 aliphatic rings. The Bertz CT molecular complexity index is 276. The van der Waals surface area contributed by atoms with E-state index in [0.29, 0.717) is 5.02 Å². The van der Waals surface area contributed by atoms with Crippen LogP contribution < -0.4 is 4.18 Å². The fourth-order valence-corrected chi connectivity index (χ4v) is 1.04. The lowest BCUT2D eigenvalue weighted by atomic mass is 10.3.